The van der Waals surface area contributed by atoms with E-state index in [2.05, 4.69) is 10.4 Å². The van der Waals surface area contributed by atoms with Gasteiger partial charge >= 0.3 is 11.9 Å². The van der Waals surface area contributed by atoms with Crippen molar-refractivity contribution in [3.8, 4) is 0 Å². The van der Waals surface area contributed by atoms with Gasteiger partial charge in [0.1, 0.15) is 15.9 Å². The van der Waals surface area contributed by atoms with E-state index in [4.69, 9.17) is 21.1 Å². The van der Waals surface area contributed by atoms with Crippen LogP contribution in [0.25, 0.3) is 0 Å². The standard InChI is InChI=1S/C16H18ClN3O5S/c1-5-25-16(23)12-8(2)11(15(22)24-4)14(26-12)19-13(21)9(3)20-7-10(17)6-18-20/h6-7,9H,5H2,1-4H3,(H,19,21). The molecule has 1 N–H and O–H groups in total. The van der Waals surface area contributed by atoms with Crippen LogP contribution in [0, 0.1) is 6.92 Å². The van der Waals surface area contributed by atoms with Gasteiger partial charge in [0.2, 0.25) is 5.91 Å². The van der Waals surface area contributed by atoms with Crippen molar-refractivity contribution in [2.45, 2.75) is 26.8 Å². The third-order valence-electron chi connectivity index (χ3n) is 3.58. The van der Waals surface area contributed by atoms with E-state index in [1.807, 2.05) is 0 Å². The smallest absolute Gasteiger partial charge is 0.348 e. The zero-order valence-corrected chi connectivity index (χ0v) is 16.2. The summed E-state index contributed by atoms with van der Waals surface area (Å²) in [5.74, 6) is -1.64. The second-order valence-electron chi connectivity index (χ2n) is 5.28. The number of esters is 2. The number of nitrogens with zero attached hydrogens (tertiary/aromatic N) is 2. The van der Waals surface area contributed by atoms with E-state index in [0.717, 1.165) is 11.3 Å². The average Bonchev–Trinajstić information content (AvgIpc) is 3.17. The fraction of sp³-hybridized carbons (Fsp3) is 0.375. The van der Waals surface area contributed by atoms with Crippen LogP contribution < -0.4 is 5.32 Å². The highest BCUT2D eigenvalue weighted by Gasteiger charge is 2.28. The lowest BCUT2D eigenvalue weighted by Gasteiger charge is -2.12. The van der Waals surface area contributed by atoms with Gasteiger partial charge in [-0.25, -0.2) is 9.59 Å². The number of amides is 1. The lowest BCUT2D eigenvalue weighted by Crippen LogP contribution is -2.24. The minimum absolute atomic E-state index is 0.125. The van der Waals surface area contributed by atoms with Crippen LogP contribution in [0.4, 0.5) is 5.00 Å². The maximum Gasteiger partial charge on any atom is 0.348 e. The molecule has 0 aliphatic rings. The molecule has 2 aromatic rings. The van der Waals surface area contributed by atoms with Crippen LogP contribution in [0.3, 0.4) is 0 Å². The van der Waals surface area contributed by atoms with Crippen molar-refractivity contribution in [2.24, 2.45) is 0 Å². The predicted molar refractivity (Wildman–Crippen MR) is 96.9 cm³/mol. The molecule has 0 aromatic carbocycles. The Morgan fingerprint density at radius 1 is 1.38 bits per heavy atom. The summed E-state index contributed by atoms with van der Waals surface area (Å²) in [4.78, 5) is 37.0. The van der Waals surface area contributed by atoms with Gasteiger partial charge in [-0.15, -0.1) is 11.3 Å². The topological polar surface area (TPSA) is 99.5 Å². The number of halogens is 1. The van der Waals surface area contributed by atoms with Crippen LogP contribution in [0.2, 0.25) is 5.02 Å². The molecule has 2 rings (SSSR count). The van der Waals surface area contributed by atoms with Crippen molar-refractivity contribution in [2.75, 3.05) is 19.0 Å². The Kier molecular flexibility index (Phi) is 6.38. The minimum Gasteiger partial charge on any atom is -0.465 e. The first kappa shape index (κ1) is 19.9. The van der Waals surface area contributed by atoms with Crippen LogP contribution in [-0.2, 0) is 14.3 Å². The predicted octanol–water partition coefficient (Wildman–Crippen LogP) is 3.07. The number of carbonyl (C=O) groups is 3. The lowest BCUT2D eigenvalue weighted by atomic mass is 10.1. The molecule has 0 bridgehead atoms. The Bertz CT molecular complexity index is 845. The van der Waals surface area contributed by atoms with Crippen LogP contribution in [0.1, 0.15) is 45.5 Å². The van der Waals surface area contributed by atoms with Gasteiger partial charge in [0.25, 0.3) is 0 Å². The number of thiophene rings is 1. The van der Waals surface area contributed by atoms with E-state index < -0.39 is 23.9 Å². The summed E-state index contributed by atoms with van der Waals surface area (Å²) in [6, 6.07) is -0.679. The normalized spacial score (nSPS) is 11.7. The zero-order chi connectivity index (χ0) is 19.4. The van der Waals surface area contributed by atoms with Gasteiger partial charge in [0.15, 0.2) is 0 Å². The zero-order valence-electron chi connectivity index (χ0n) is 14.7. The molecule has 0 radical (unpaired) electrons. The largest absolute Gasteiger partial charge is 0.465 e. The quantitative estimate of drug-likeness (QED) is 0.749. The molecule has 10 heteroatoms. The number of hydrogen-bond donors (Lipinski definition) is 1. The first-order valence-corrected chi connectivity index (χ1v) is 8.88. The van der Waals surface area contributed by atoms with Gasteiger partial charge in [-0.2, -0.15) is 5.10 Å². The summed E-state index contributed by atoms with van der Waals surface area (Å²) in [5.41, 5.74) is 0.519. The molecule has 1 amide bonds. The van der Waals surface area contributed by atoms with Gasteiger partial charge in [-0.1, -0.05) is 11.6 Å². The summed E-state index contributed by atoms with van der Waals surface area (Å²) in [5, 5.41) is 7.26. The fourth-order valence-electron chi connectivity index (χ4n) is 2.20. The molecule has 1 unspecified atom stereocenters. The van der Waals surface area contributed by atoms with Gasteiger partial charge in [0.05, 0.1) is 30.5 Å². The van der Waals surface area contributed by atoms with Gasteiger partial charge in [0, 0.05) is 6.20 Å². The molecule has 26 heavy (non-hydrogen) atoms. The first-order valence-electron chi connectivity index (χ1n) is 7.69. The molecule has 0 fully saturated rings. The Labute approximate surface area is 159 Å². The number of nitrogens with one attached hydrogen (secondary N) is 1. The summed E-state index contributed by atoms with van der Waals surface area (Å²) in [6.07, 6.45) is 2.93. The molecular formula is C16H18ClN3O5S. The Balaban J connectivity index is 2.35. The van der Waals surface area contributed by atoms with E-state index in [1.54, 1.807) is 20.8 Å². The van der Waals surface area contributed by atoms with Crippen molar-refractivity contribution in [3.63, 3.8) is 0 Å². The van der Waals surface area contributed by atoms with E-state index in [0.29, 0.717) is 10.6 Å². The van der Waals surface area contributed by atoms with E-state index in [9.17, 15) is 14.4 Å². The summed E-state index contributed by atoms with van der Waals surface area (Å²) in [7, 11) is 1.23. The van der Waals surface area contributed by atoms with Crippen LogP contribution >= 0.6 is 22.9 Å². The van der Waals surface area contributed by atoms with E-state index >= 15 is 0 Å². The minimum atomic E-state index is -0.679. The molecule has 0 saturated heterocycles. The number of carbonyl (C=O) groups excluding carboxylic acids is 3. The van der Waals surface area contributed by atoms with Crippen LogP contribution in [-0.4, -0.2) is 41.3 Å². The van der Waals surface area contributed by atoms with Crippen LogP contribution in [0.15, 0.2) is 12.4 Å². The number of rotatable bonds is 6. The maximum absolute atomic E-state index is 12.5. The van der Waals surface area contributed by atoms with Crippen molar-refractivity contribution < 1.29 is 23.9 Å². The molecule has 0 spiro atoms. The van der Waals surface area contributed by atoms with Gasteiger partial charge in [-0.05, 0) is 26.3 Å². The number of ether oxygens (including phenoxy) is 2. The highest BCUT2D eigenvalue weighted by Crippen LogP contribution is 2.34. The van der Waals surface area contributed by atoms with Gasteiger partial charge < -0.3 is 14.8 Å². The lowest BCUT2D eigenvalue weighted by molar-refractivity contribution is -0.119. The monoisotopic (exact) mass is 399 g/mol. The second-order valence-corrected chi connectivity index (χ2v) is 6.73. The first-order chi connectivity index (χ1) is 12.3. The van der Waals surface area contributed by atoms with E-state index in [1.165, 1.54) is 24.2 Å². The van der Waals surface area contributed by atoms with E-state index in [-0.39, 0.29) is 22.0 Å². The fourth-order valence-corrected chi connectivity index (χ4v) is 3.44. The van der Waals surface area contributed by atoms with Crippen molar-refractivity contribution >= 4 is 45.8 Å². The molecule has 1 atom stereocenters. The highest BCUT2D eigenvalue weighted by molar-refractivity contribution is 7.18. The summed E-state index contributed by atoms with van der Waals surface area (Å²) in [6.45, 7) is 5.11. The molecule has 8 nitrogen and oxygen atoms in total. The molecule has 140 valence electrons. The van der Waals surface area contributed by atoms with Gasteiger partial charge in [-0.3, -0.25) is 9.48 Å². The molecule has 0 aliphatic carbocycles. The van der Waals surface area contributed by atoms with Crippen LogP contribution in [0.5, 0.6) is 0 Å². The maximum atomic E-state index is 12.5. The molecule has 2 aromatic heterocycles. The number of methoxy groups -OCH3 is 1. The Morgan fingerprint density at radius 2 is 2.08 bits per heavy atom. The SMILES string of the molecule is CCOC(=O)c1sc(NC(=O)C(C)n2cc(Cl)cn2)c(C(=O)OC)c1C. The number of hydrogen-bond acceptors (Lipinski definition) is 7. The third kappa shape index (κ3) is 4.05. The highest BCUT2D eigenvalue weighted by atomic mass is 35.5. The van der Waals surface area contributed by atoms with Crippen molar-refractivity contribution in [1.29, 1.82) is 0 Å². The third-order valence-corrected chi connectivity index (χ3v) is 4.96. The average molecular weight is 400 g/mol. The van der Waals surface area contributed by atoms with Crippen molar-refractivity contribution in [3.05, 3.63) is 33.4 Å². The molecular weight excluding hydrogens is 382 g/mol. The molecule has 0 aliphatic heterocycles. The summed E-state index contributed by atoms with van der Waals surface area (Å²) >= 11 is 6.78. The molecule has 2 heterocycles. The Hall–Kier alpha value is -2.39. The molecule has 0 saturated carbocycles. The summed E-state index contributed by atoms with van der Waals surface area (Å²) < 4.78 is 11.2. The number of aromatic nitrogens is 2. The van der Waals surface area contributed by atoms with Crippen molar-refractivity contribution in [1.82, 2.24) is 9.78 Å². The second kappa shape index (κ2) is 8.33. The number of anilines is 1. The Morgan fingerprint density at radius 3 is 2.62 bits per heavy atom.